The number of halogens is 3. The molecule has 106 valence electrons. The van der Waals surface area contributed by atoms with Gasteiger partial charge >= 0.3 is 0 Å². The number of alkyl halides is 2. The molecule has 2 nitrogen and oxygen atoms in total. The molecule has 1 N–H and O–H groups in total. The van der Waals surface area contributed by atoms with Crippen LogP contribution in [-0.4, -0.2) is 9.94 Å². The van der Waals surface area contributed by atoms with Gasteiger partial charge in [0.1, 0.15) is 29.1 Å². The zero-order chi connectivity index (χ0) is 14.5. The summed E-state index contributed by atoms with van der Waals surface area (Å²) in [5.41, 5.74) is 1.03. The van der Waals surface area contributed by atoms with Gasteiger partial charge in [-0.1, -0.05) is 30.3 Å². The van der Waals surface area contributed by atoms with Crippen LogP contribution < -0.4 is 4.74 Å². The molecule has 0 radical (unpaired) electrons. The average Bonchev–Trinajstić information content (AvgIpc) is 2.45. The van der Waals surface area contributed by atoms with Gasteiger partial charge < -0.3 is 9.84 Å². The summed E-state index contributed by atoms with van der Waals surface area (Å²) >= 11 is 11.1. The second-order valence-electron chi connectivity index (χ2n) is 4.24. The van der Waals surface area contributed by atoms with Gasteiger partial charge in [0.05, 0.1) is 0 Å². The van der Waals surface area contributed by atoms with Crippen molar-refractivity contribution in [1.82, 2.24) is 0 Å². The van der Waals surface area contributed by atoms with E-state index >= 15 is 0 Å². The van der Waals surface area contributed by atoms with E-state index in [-0.39, 0.29) is 5.56 Å². The number of rotatable bonds is 5. The smallest absolute Gasteiger partial charge is 0.137 e. The maximum Gasteiger partial charge on any atom is 0.137 e. The molecule has 0 aliphatic rings. The van der Waals surface area contributed by atoms with E-state index in [1.165, 1.54) is 12.1 Å². The Morgan fingerprint density at radius 1 is 1.10 bits per heavy atom. The highest BCUT2D eigenvalue weighted by Gasteiger charge is 2.19. The number of hydrogen-bond acceptors (Lipinski definition) is 2. The highest BCUT2D eigenvalue weighted by Crippen LogP contribution is 2.28. The van der Waals surface area contributed by atoms with Crippen LogP contribution >= 0.6 is 23.2 Å². The largest absolute Gasteiger partial charge is 0.489 e. The van der Waals surface area contributed by atoms with Crippen LogP contribution in [0.25, 0.3) is 0 Å². The highest BCUT2D eigenvalue weighted by atomic mass is 35.5. The summed E-state index contributed by atoms with van der Waals surface area (Å²) in [4.78, 5) is -1.08. The molecule has 0 fully saturated rings. The molecule has 0 aliphatic heterocycles. The van der Waals surface area contributed by atoms with Crippen LogP contribution in [0.15, 0.2) is 48.5 Å². The van der Waals surface area contributed by atoms with Crippen LogP contribution in [-0.2, 0) is 6.61 Å². The predicted octanol–water partition coefficient (Wildman–Crippen LogP) is 4.24. The summed E-state index contributed by atoms with van der Waals surface area (Å²) in [6.45, 7) is 0.343. The molecule has 1 unspecified atom stereocenters. The van der Waals surface area contributed by atoms with Gasteiger partial charge in [-0.3, -0.25) is 0 Å². The molecule has 0 aliphatic carbocycles. The molecule has 0 heterocycles. The summed E-state index contributed by atoms with van der Waals surface area (Å²) in [5.74, 6) is -0.225. The molecule has 2 rings (SSSR count). The van der Waals surface area contributed by atoms with E-state index in [4.69, 9.17) is 27.9 Å². The molecular formula is C15H13Cl2FO2. The Labute approximate surface area is 126 Å². The topological polar surface area (TPSA) is 29.5 Å². The lowest BCUT2D eigenvalue weighted by molar-refractivity contribution is 0.187. The summed E-state index contributed by atoms with van der Waals surface area (Å²) in [7, 11) is 0. The van der Waals surface area contributed by atoms with Crippen LogP contribution in [0, 0.1) is 5.82 Å². The van der Waals surface area contributed by atoms with Gasteiger partial charge in [0.25, 0.3) is 0 Å². The third-order valence-corrected chi connectivity index (χ3v) is 3.25. The third-order valence-electron chi connectivity index (χ3n) is 2.78. The van der Waals surface area contributed by atoms with Gasteiger partial charge in [0.15, 0.2) is 0 Å². The lowest BCUT2D eigenvalue weighted by Gasteiger charge is -2.14. The Hall–Kier alpha value is -1.29. The number of ether oxygens (including phenoxy) is 1. The van der Waals surface area contributed by atoms with Gasteiger partial charge in [-0.2, -0.15) is 0 Å². The summed E-state index contributed by atoms with van der Waals surface area (Å²) in [6, 6.07) is 13.7. The Bertz CT molecular complexity index is 561. The first-order valence-corrected chi connectivity index (χ1v) is 6.87. The van der Waals surface area contributed by atoms with Crippen LogP contribution in [0.3, 0.4) is 0 Å². The quantitative estimate of drug-likeness (QED) is 0.836. The first-order chi connectivity index (χ1) is 9.58. The summed E-state index contributed by atoms with van der Waals surface area (Å²) < 4.78 is 19.3. The number of aliphatic hydroxyl groups is 1. The minimum Gasteiger partial charge on any atom is -0.489 e. The average molecular weight is 315 g/mol. The molecule has 0 bridgehead atoms. The van der Waals surface area contributed by atoms with Crippen molar-refractivity contribution >= 4 is 23.2 Å². The summed E-state index contributed by atoms with van der Waals surface area (Å²) in [5, 5.41) is 9.63. The molecule has 20 heavy (non-hydrogen) atoms. The van der Waals surface area contributed by atoms with Crippen molar-refractivity contribution < 1.29 is 14.2 Å². The molecule has 0 spiro atoms. The Morgan fingerprint density at radius 3 is 2.40 bits per heavy atom. The highest BCUT2D eigenvalue weighted by molar-refractivity contribution is 6.44. The lowest BCUT2D eigenvalue weighted by atomic mass is 10.1. The molecule has 0 amide bonds. The monoisotopic (exact) mass is 314 g/mol. The SMILES string of the molecule is OC(c1ccc(OCc2ccccc2)cc1F)C(Cl)Cl. The molecular weight excluding hydrogens is 302 g/mol. The number of aliphatic hydroxyl groups excluding tert-OH is 1. The zero-order valence-corrected chi connectivity index (χ0v) is 12.0. The molecule has 5 heteroatoms. The van der Waals surface area contributed by atoms with Crippen molar-refractivity contribution in [3.63, 3.8) is 0 Å². The van der Waals surface area contributed by atoms with Crippen molar-refractivity contribution in [1.29, 1.82) is 0 Å². The van der Waals surface area contributed by atoms with Crippen LogP contribution in [0.5, 0.6) is 5.75 Å². The van der Waals surface area contributed by atoms with Crippen LogP contribution in [0.1, 0.15) is 17.2 Å². The van der Waals surface area contributed by atoms with E-state index in [1.807, 2.05) is 30.3 Å². The molecule has 2 aromatic carbocycles. The van der Waals surface area contributed by atoms with Crippen molar-refractivity contribution in [2.45, 2.75) is 17.5 Å². The Balaban J connectivity index is 2.06. The zero-order valence-electron chi connectivity index (χ0n) is 10.5. The van der Waals surface area contributed by atoms with Crippen molar-refractivity contribution in [2.75, 3.05) is 0 Å². The van der Waals surface area contributed by atoms with Crippen LogP contribution in [0.4, 0.5) is 4.39 Å². The van der Waals surface area contributed by atoms with Crippen LogP contribution in [0.2, 0.25) is 0 Å². The van der Waals surface area contributed by atoms with E-state index in [9.17, 15) is 9.50 Å². The van der Waals surface area contributed by atoms with E-state index in [0.717, 1.165) is 5.56 Å². The maximum absolute atomic E-state index is 13.8. The van der Waals surface area contributed by atoms with Gasteiger partial charge in [0, 0.05) is 11.6 Å². The molecule has 0 saturated heterocycles. The van der Waals surface area contributed by atoms with E-state index in [1.54, 1.807) is 6.07 Å². The van der Waals surface area contributed by atoms with Gasteiger partial charge in [-0.05, 0) is 17.7 Å². The standard InChI is InChI=1S/C15H13Cl2FO2/c16-15(17)14(19)12-7-6-11(8-13(12)18)20-9-10-4-2-1-3-5-10/h1-8,14-15,19H,9H2. The Kier molecular flexibility index (Phi) is 5.24. The fourth-order valence-electron chi connectivity index (χ4n) is 1.71. The first-order valence-electron chi connectivity index (χ1n) is 6.00. The first kappa shape index (κ1) is 15.1. The van der Waals surface area contributed by atoms with Crippen molar-refractivity contribution in [3.8, 4) is 5.75 Å². The molecule has 2 aromatic rings. The fourth-order valence-corrected chi connectivity index (χ4v) is 1.99. The fraction of sp³-hybridized carbons (Fsp3) is 0.200. The second kappa shape index (κ2) is 6.93. The molecule has 0 saturated carbocycles. The molecule has 0 aromatic heterocycles. The third kappa shape index (κ3) is 3.85. The van der Waals surface area contributed by atoms with E-state index in [2.05, 4.69) is 0 Å². The van der Waals surface area contributed by atoms with E-state index in [0.29, 0.717) is 12.4 Å². The van der Waals surface area contributed by atoms with Gasteiger partial charge in [-0.25, -0.2) is 4.39 Å². The normalized spacial score (nSPS) is 12.4. The second-order valence-corrected chi connectivity index (χ2v) is 5.40. The minimum atomic E-state index is -1.26. The predicted molar refractivity (Wildman–Crippen MR) is 77.6 cm³/mol. The summed E-state index contributed by atoms with van der Waals surface area (Å²) in [6.07, 6.45) is -1.26. The Morgan fingerprint density at radius 2 is 1.80 bits per heavy atom. The number of hydrogen-bond donors (Lipinski definition) is 1. The number of benzene rings is 2. The maximum atomic E-state index is 13.8. The minimum absolute atomic E-state index is 0.0482. The van der Waals surface area contributed by atoms with Crippen molar-refractivity contribution in [3.05, 3.63) is 65.5 Å². The van der Waals surface area contributed by atoms with Crippen molar-refractivity contribution in [2.24, 2.45) is 0 Å². The lowest BCUT2D eigenvalue weighted by Crippen LogP contribution is -2.08. The van der Waals surface area contributed by atoms with Gasteiger partial charge in [0.2, 0.25) is 0 Å². The van der Waals surface area contributed by atoms with Gasteiger partial charge in [-0.15, -0.1) is 23.2 Å². The molecule has 1 atom stereocenters. The van der Waals surface area contributed by atoms with E-state index < -0.39 is 16.8 Å².